The van der Waals surface area contributed by atoms with Gasteiger partial charge in [0.05, 0.1) is 13.2 Å². The van der Waals surface area contributed by atoms with E-state index in [4.69, 9.17) is 9.47 Å². The van der Waals surface area contributed by atoms with E-state index in [0.717, 1.165) is 57.8 Å². The highest BCUT2D eigenvalue weighted by molar-refractivity contribution is 6.00. The number of fused-ring (bicyclic) bond motifs is 1. The highest BCUT2D eigenvalue weighted by Crippen LogP contribution is 2.52. The van der Waals surface area contributed by atoms with E-state index in [1.165, 1.54) is 122 Å². The zero-order chi connectivity index (χ0) is 30.1. The van der Waals surface area contributed by atoms with Crippen LogP contribution in [0.25, 0.3) is 0 Å². The van der Waals surface area contributed by atoms with Gasteiger partial charge in [-0.3, -0.25) is 9.59 Å². The summed E-state index contributed by atoms with van der Waals surface area (Å²) in [7, 11) is 0. The lowest BCUT2D eigenvalue weighted by molar-refractivity contribution is -0.184. The van der Waals surface area contributed by atoms with Crippen LogP contribution in [0.3, 0.4) is 0 Å². The first-order valence-electron chi connectivity index (χ1n) is 19.0. The largest absolute Gasteiger partial charge is 0.465 e. The summed E-state index contributed by atoms with van der Waals surface area (Å²) >= 11 is 0. The molecule has 2 fully saturated rings. The van der Waals surface area contributed by atoms with E-state index in [0.29, 0.717) is 25.6 Å². The van der Waals surface area contributed by atoms with Crippen LogP contribution in [0.2, 0.25) is 0 Å². The molecule has 0 bridgehead atoms. The molecule has 2 aliphatic carbocycles. The summed E-state index contributed by atoms with van der Waals surface area (Å²) in [5.41, 5.74) is -1.06. The average molecular weight is 591 g/mol. The molecule has 0 aromatic heterocycles. The summed E-state index contributed by atoms with van der Waals surface area (Å²) in [4.78, 5) is 27.4. The second kappa shape index (κ2) is 24.3. The van der Waals surface area contributed by atoms with Crippen LogP contribution in [0.1, 0.15) is 200 Å². The van der Waals surface area contributed by atoms with Crippen molar-refractivity contribution >= 4 is 11.9 Å². The van der Waals surface area contributed by atoms with Crippen LogP contribution < -0.4 is 0 Å². The molecule has 0 amide bonds. The predicted molar refractivity (Wildman–Crippen MR) is 177 cm³/mol. The molecule has 0 radical (unpaired) electrons. The van der Waals surface area contributed by atoms with E-state index >= 15 is 0 Å². The summed E-state index contributed by atoms with van der Waals surface area (Å²) in [6.45, 7) is 5.43. The Bertz CT molecular complexity index is 632. The van der Waals surface area contributed by atoms with Crippen LogP contribution in [0.5, 0.6) is 0 Å². The van der Waals surface area contributed by atoms with Crippen LogP contribution in [-0.2, 0) is 19.1 Å². The Hall–Kier alpha value is -1.06. The molecule has 2 saturated carbocycles. The maximum atomic E-state index is 13.7. The van der Waals surface area contributed by atoms with Gasteiger partial charge < -0.3 is 9.47 Å². The molecule has 0 spiro atoms. The fourth-order valence-corrected chi connectivity index (χ4v) is 7.74. The minimum atomic E-state index is -1.06. The summed E-state index contributed by atoms with van der Waals surface area (Å²) in [5.74, 6) is 0.0384. The molecule has 0 heterocycles. The standard InChI is InChI=1S/C38H70O4/c1-3-5-7-9-11-13-15-17-19-21-25-32-41-36(39)38(31-27-29-34-28-23-24-30-35(34)38)37(40)42-33-26-22-20-18-16-14-12-10-8-6-4-2/h34-35H,3-33H2,1-2H3. The molecule has 0 aromatic rings. The van der Waals surface area contributed by atoms with Gasteiger partial charge in [-0.05, 0) is 37.5 Å². The van der Waals surface area contributed by atoms with E-state index in [-0.39, 0.29) is 17.9 Å². The summed E-state index contributed by atoms with van der Waals surface area (Å²) < 4.78 is 11.8. The Morgan fingerprint density at radius 1 is 0.500 bits per heavy atom. The van der Waals surface area contributed by atoms with Crippen LogP contribution in [0.4, 0.5) is 0 Å². The second-order valence-electron chi connectivity index (χ2n) is 13.9. The van der Waals surface area contributed by atoms with Crippen molar-refractivity contribution in [3.05, 3.63) is 0 Å². The third-order valence-corrected chi connectivity index (χ3v) is 10.4. The molecule has 246 valence electrons. The van der Waals surface area contributed by atoms with Gasteiger partial charge in [-0.25, -0.2) is 0 Å². The number of hydrogen-bond acceptors (Lipinski definition) is 4. The van der Waals surface area contributed by atoms with E-state index in [1.54, 1.807) is 0 Å². The Kier molecular flexibility index (Phi) is 21.5. The zero-order valence-electron chi connectivity index (χ0n) is 28.2. The fourth-order valence-electron chi connectivity index (χ4n) is 7.74. The highest BCUT2D eigenvalue weighted by Gasteiger charge is 2.58. The van der Waals surface area contributed by atoms with E-state index in [2.05, 4.69) is 13.8 Å². The highest BCUT2D eigenvalue weighted by atomic mass is 16.6. The van der Waals surface area contributed by atoms with E-state index in [1.807, 2.05) is 0 Å². The van der Waals surface area contributed by atoms with Crippen molar-refractivity contribution < 1.29 is 19.1 Å². The maximum Gasteiger partial charge on any atom is 0.323 e. The molecule has 4 nitrogen and oxygen atoms in total. The van der Waals surface area contributed by atoms with Crippen molar-refractivity contribution in [1.82, 2.24) is 0 Å². The van der Waals surface area contributed by atoms with Gasteiger partial charge in [0.2, 0.25) is 0 Å². The lowest BCUT2D eigenvalue weighted by Crippen LogP contribution is -2.53. The monoisotopic (exact) mass is 591 g/mol. The number of hydrogen-bond donors (Lipinski definition) is 0. The van der Waals surface area contributed by atoms with Crippen LogP contribution in [0.15, 0.2) is 0 Å². The van der Waals surface area contributed by atoms with Gasteiger partial charge in [0.25, 0.3) is 0 Å². The third-order valence-electron chi connectivity index (χ3n) is 10.4. The van der Waals surface area contributed by atoms with Gasteiger partial charge in [-0.1, -0.05) is 174 Å². The Morgan fingerprint density at radius 3 is 1.29 bits per heavy atom. The van der Waals surface area contributed by atoms with E-state index in [9.17, 15) is 9.59 Å². The van der Waals surface area contributed by atoms with Gasteiger partial charge >= 0.3 is 11.9 Å². The third kappa shape index (κ3) is 14.1. The smallest absolute Gasteiger partial charge is 0.323 e. The molecule has 42 heavy (non-hydrogen) atoms. The molecule has 0 N–H and O–H groups in total. The van der Waals surface area contributed by atoms with Crippen LogP contribution in [-0.4, -0.2) is 25.2 Å². The first-order chi connectivity index (χ1) is 20.7. The Balaban J connectivity index is 1.69. The second-order valence-corrected chi connectivity index (χ2v) is 13.9. The first kappa shape index (κ1) is 37.1. The van der Waals surface area contributed by atoms with Crippen molar-refractivity contribution in [3.8, 4) is 0 Å². The van der Waals surface area contributed by atoms with Gasteiger partial charge in [-0.2, -0.15) is 0 Å². The van der Waals surface area contributed by atoms with Gasteiger partial charge in [0.15, 0.2) is 5.41 Å². The predicted octanol–water partition coefficient (Wildman–Crippen LogP) is 11.7. The normalized spacial score (nSPS) is 19.8. The molecule has 2 aliphatic rings. The molecule has 2 rings (SSSR count). The first-order valence-corrected chi connectivity index (χ1v) is 19.0. The Morgan fingerprint density at radius 2 is 0.857 bits per heavy atom. The van der Waals surface area contributed by atoms with Crippen molar-refractivity contribution in [2.24, 2.45) is 17.3 Å². The number of ether oxygens (including phenoxy) is 2. The van der Waals surface area contributed by atoms with Crippen LogP contribution in [0, 0.1) is 17.3 Å². The molecular weight excluding hydrogens is 520 g/mol. The summed E-state index contributed by atoms with van der Waals surface area (Å²) in [5, 5.41) is 0. The average Bonchev–Trinajstić information content (AvgIpc) is 3.01. The summed E-state index contributed by atoms with van der Waals surface area (Å²) in [6, 6.07) is 0. The number of carbonyl (C=O) groups is 2. The Labute approximate surface area is 261 Å². The zero-order valence-corrected chi connectivity index (χ0v) is 28.2. The maximum absolute atomic E-state index is 13.7. The number of carbonyl (C=O) groups excluding carboxylic acids is 2. The van der Waals surface area contributed by atoms with E-state index < -0.39 is 5.41 Å². The molecule has 0 saturated heterocycles. The molecule has 4 heteroatoms. The number of esters is 2. The van der Waals surface area contributed by atoms with Crippen molar-refractivity contribution in [2.45, 2.75) is 200 Å². The molecule has 0 aromatic carbocycles. The minimum Gasteiger partial charge on any atom is -0.465 e. The SMILES string of the molecule is CCCCCCCCCCCCCOC(=O)C1(C(=O)OCCCCCCCCCCCCC)CCCC2CCCCC21. The quantitative estimate of drug-likeness (QED) is 0.0571. The lowest BCUT2D eigenvalue weighted by atomic mass is 9.57. The van der Waals surface area contributed by atoms with Crippen LogP contribution >= 0.6 is 0 Å². The number of unbranched alkanes of at least 4 members (excludes halogenated alkanes) is 20. The van der Waals surface area contributed by atoms with Crippen molar-refractivity contribution in [2.75, 3.05) is 13.2 Å². The fraction of sp³-hybridized carbons (Fsp3) is 0.947. The number of rotatable bonds is 26. The molecule has 2 unspecified atom stereocenters. The van der Waals surface area contributed by atoms with Gasteiger partial charge in [-0.15, -0.1) is 0 Å². The van der Waals surface area contributed by atoms with Gasteiger partial charge in [0.1, 0.15) is 0 Å². The minimum absolute atomic E-state index is 0.106. The topological polar surface area (TPSA) is 52.6 Å². The van der Waals surface area contributed by atoms with Crippen molar-refractivity contribution in [3.63, 3.8) is 0 Å². The van der Waals surface area contributed by atoms with Crippen molar-refractivity contribution in [1.29, 1.82) is 0 Å². The van der Waals surface area contributed by atoms with Gasteiger partial charge in [0, 0.05) is 0 Å². The molecule has 2 atom stereocenters. The molecule has 0 aliphatic heterocycles. The lowest BCUT2D eigenvalue weighted by Gasteiger charge is -2.46. The molecular formula is C38H70O4. The summed E-state index contributed by atoms with van der Waals surface area (Å²) in [6.07, 6.45) is 35.1.